The Bertz CT molecular complexity index is 686. The van der Waals surface area contributed by atoms with Crippen molar-refractivity contribution in [1.29, 1.82) is 0 Å². The highest BCUT2D eigenvalue weighted by molar-refractivity contribution is 7.71. The summed E-state index contributed by atoms with van der Waals surface area (Å²) < 4.78 is 7.72. The largest absolute Gasteiger partial charge is 0.376 e. The van der Waals surface area contributed by atoms with Crippen LogP contribution in [0, 0.1) is 4.77 Å². The van der Waals surface area contributed by atoms with Crippen molar-refractivity contribution in [2.45, 2.75) is 31.9 Å². The molecular weight excluding hydrogens is 320 g/mol. The van der Waals surface area contributed by atoms with E-state index in [1.807, 2.05) is 24.4 Å². The molecule has 0 aromatic carbocycles. The Morgan fingerprint density at radius 3 is 3.27 bits per heavy atom. The van der Waals surface area contributed by atoms with Gasteiger partial charge in [0.05, 0.1) is 11.0 Å². The number of thiophene rings is 1. The zero-order chi connectivity index (χ0) is 15.5. The highest BCUT2D eigenvalue weighted by atomic mass is 32.1. The van der Waals surface area contributed by atoms with Gasteiger partial charge in [0, 0.05) is 13.2 Å². The molecule has 0 saturated carbocycles. The fourth-order valence-electron chi connectivity index (χ4n) is 2.53. The summed E-state index contributed by atoms with van der Waals surface area (Å²) in [5, 5.41) is 11.9. The summed E-state index contributed by atoms with van der Waals surface area (Å²) in [6, 6.07) is 3.48. The van der Waals surface area contributed by atoms with Crippen molar-refractivity contribution < 1.29 is 9.53 Å². The number of ether oxygens (including phenoxy) is 1. The maximum absolute atomic E-state index is 12.4. The number of H-pyrrole nitrogens is 1. The predicted molar refractivity (Wildman–Crippen MR) is 87.4 cm³/mol. The van der Waals surface area contributed by atoms with Crippen LogP contribution >= 0.6 is 23.6 Å². The third-order valence-corrected chi connectivity index (χ3v) is 4.89. The fourth-order valence-corrected chi connectivity index (χ4v) is 3.53. The van der Waals surface area contributed by atoms with Crippen LogP contribution in [0.5, 0.6) is 0 Å². The summed E-state index contributed by atoms with van der Waals surface area (Å²) in [5.41, 5.74) is 0. The summed E-state index contributed by atoms with van der Waals surface area (Å²) in [6.45, 7) is 3.15. The lowest BCUT2D eigenvalue weighted by Gasteiger charge is -2.17. The van der Waals surface area contributed by atoms with Crippen LogP contribution in [-0.4, -0.2) is 39.9 Å². The van der Waals surface area contributed by atoms with Gasteiger partial charge in [-0.2, -0.15) is 5.10 Å². The van der Waals surface area contributed by atoms with E-state index in [4.69, 9.17) is 17.0 Å². The highest BCUT2D eigenvalue weighted by Gasteiger charge is 2.23. The monoisotopic (exact) mass is 338 g/mol. The normalized spacial score (nSPS) is 19.2. The maximum Gasteiger partial charge on any atom is 0.243 e. The lowest BCUT2D eigenvalue weighted by molar-refractivity contribution is -0.124. The Morgan fingerprint density at radius 1 is 1.73 bits per heavy atom. The Labute approximate surface area is 137 Å². The third-order valence-electron chi connectivity index (χ3n) is 3.74. The number of aromatic nitrogens is 3. The Kier molecular flexibility index (Phi) is 4.70. The van der Waals surface area contributed by atoms with Gasteiger partial charge in [0.1, 0.15) is 6.04 Å². The minimum absolute atomic E-state index is 0.0780. The molecule has 0 spiro atoms. The van der Waals surface area contributed by atoms with Crippen LogP contribution in [0.3, 0.4) is 0 Å². The number of amides is 1. The van der Waals surface area contributed by atoms with E-state index in [9.17, 15) is 4.79 Å². The number of hydrogen-bond acceptors (Lipinski definition) is 5. The van der Waals surface area contributed by atoms with E-state index < -0.39 is 6.04 Å². The number of nitrogens with one attached hydrogen (secondary N) is 2. The third kappa shape index (κ3) is 3.13. The van der Waals surface area contributed by atoms with Crippen molar-refractivity contribution >= 4 is 29.5 Å². The van der Waals surface area contributed by atoms with Gasteiger partial charge in [-0.15, -0.1) is 11.3 Å². The average Bonchev–Trinajstić information content (AvgIpc) is 3.25. The molecule has 1 saturated heterocycles. The summed E-state index contributed by atoms with van der Waals surface area (Å²) in [6.07, 6.45) is 2.19. The number of aromatic amines is 1. The van der Waals surface area contributed by atoms with E-state index in [1.165, 1.54) is 0 Å². The molecular formula is C14H18N4O2S2. The minimum atomic E-state index is -0.426. The maximum atomic E-state index is 12.4. The van der Waals surface area contributed by atoms with E-state index in [0.29, 0.717) is 17.1 Å². The number of rotatable bonds is 5. The van der Waals surface area contributed by atoms with Gasteiger partial charge >= 0.3 is 0 Å². The highest BCUT2D eigenvalue weighted by Crippen LogP contribution is 2.25. The first-order valence-electron chi connectivity index (χ1n) is 7.27. The van der Waals surface area contributed by atoms with Gasteiger partial charge in [-0.3, -0.25) is 14.5 Å². The molecule has 2 aromatic rings. The van der Waals surface area contributed by atoms with Gasteiger partial charge in [-0.05, 0) is 43.4 Å². The topological polar surface area (TPSA) is 71.9 Å². The van der Waals surface area contributed by atoms with Gasteiger partial charge < -0.3 is 10.1 Å². The first-order chi connectivity index (χ1) is 10.7. The van der Waals surface area contributed by atoms with Crippen molar-refractivity contribution in [3.63, 3.8) is 0 Å². The van der Waals surface area contributed by atoms with Crippen LogP contribution < -0.4 is 5.32 Å². The second-order valence-electron chi connectivity index (χ2n) is 5.26. The van der Waals surface area contributed by atoms with E-state index in [2.05, 4.69) is 15.5 Å². The Hall–Kier alpha value is -1.51. The first kappa shape index (κ1) is 15.4. The molecule has 3 heterocycles. The molecule has 22 heavy (non-hydrogen) atoms. The molecule has 1 fully saturated rings. The zero-order valence-electron chi connectivity index (χ0n) is 12.2. The van der Waals surface area contributed by atoms with Crippen molar-refractivity contribution in [3.05, 3.63) is 22.3 Å². The smallest absolute Gasteiger partial charge is 0.243 e. The fraction of sp³-hybridized carbons (Fsp3) is 0.500. The molecule has 2 atom stereocenters. The van der Waals surface area contributed by atoms with Crippen LogP contribution in [0.1, 0.15) is 25.8 Å². The first-order valence-corrected chi connectivity index (χ1v) is 8.55. The SMILES string of the molecule is C[C@@H](C(=O)NC[C@@H]1CCCO1)n1c(-c2cccs2)n[nH]c1=S. The van der Waals surface area contributed by atoms with E-state index >= 15 is 0 Å². The standard InChI is InChI=1S/C14H18N4O2S2/c1-9(13(19)15-8-10-4-2-6-20-10)18-12(16-17-14(18)21)11-5-3-7-22-11/h3,5,7,9-10H,2,4,6,8H2,1H3,(H,15,19)(H,17,21)/t9-,10-/m0/s1. The van der Waals surface area contributed by atoms with E-state index in [1.54, 1.807) is 15.9 Å². The molecule has 1 amide bonds. The summed E-state index contributed by atoms with van der Waals surface area (Å²) >= 11 is 6.84. The molecule has 8 heteroatoms. The molecule has 1 aliphatic rings. The van der Waals surface area contributed by atoms with Crippen molar-refractivity contribution in [3.8, 4) is 10.7 Å². The van der Waals surface area contributed by atoms with E-state index in [0.717, 1.165) is 24.3 Å². The van der Waals surface area contributed by atoms with Crippen LogP contribution in [-0.2, 0) is 9.53 Å². The predicted octanol–water partition coefficient (Wildman–Crippen LogP) is 2.53. The summed E-state index contributed by atoms with van der Waals surface area (Å²) in [4.78, 5) is 13.4. The van der Waals surface area contributed by atoms with Crippen molar-refractivity contribution in [2.24, 2.45) is 0 Å². The molecule has 0 bridgehead atoms. The quantitative estimate of drug-likeness (QED) is 0.822. The second kappa shape index (κ2) is 6.72. The van der Waals surface area contributed by atoms with Crippen molar-refractivity contribution in [1.82, 2.24) is 20.1 Å². The molecule has 6 nitrogen and oxygen atoms in total. The van der Waals surface area contributed by atoms with Gasteiger partial charge in [0.25, 0.3) is 0 Å². The number of nitrogens with zero attached hydrogens (tertiary/aromatic N) is 2. The summed E-state index contributed by atoms with van der Waals surface area (Å²) in [7, 11) is 0. The molecule has 2 aromatic heterocycles. The van der Waals surface area contributed by atoms with Crippen LogP contribution in [0.15, 0.2) is 17.5 Å². The molecule has 0 aliphatic carbocycles. The molecule has 0 unspecified atom stereocenters. The molecule has 2 N–H and O–H groups in total. The van der Waals surface area contributed by atoms with Crippen LogP contribution in [0.25, 0.3) is 10.7 Å². The van der Waals surface area contributed by atoms with Crippen LogP contribution in [0.2, 0.25) is 0 Å². The zero-order valence-corrected chi connectivity index (χ0v) is 13.9. The molecule has 3 rings (SSSR count). The lowest BCUT2D eigenvalue weighted by atomic mass is 10.2. The molecule has 118 valence electrons. The van der Waals surface area contributed by atoms with Gasteiger partial charge in [0.2, 0.25) is 5.91 Å². The summed E-state index contributed by atoms with van der Waals surface area (Å²) in [5.74, 6) is 0.616. The molecule has 1 aliphatic heterocycles. The average molecular weight is 338 g/mol. The van der Waals surface area contributed by atoms with Crippen molar-refractivity contribution in [2.75, 3.05) is 13.2 Å². The molecule has 0 radical (unpaired) electrons. The Morgan fingerprint density at radius 2 is 2.59 bits per heavy atom. The minimum Gasteiger partial charge on any atom is -0.376 e. The number of hydrogen-bond donors (Lipinski definition) is 2. The number of carbonyl (C=O) groups is 1. The van der Waals surface area contributed by atoms with E-state index in [-0.39, 0.29) is 12.0 Å². The van der Waals surface area contributed by atoms with Gasteiger partial charge in [-0.25, -0.2) is 0 Å². The van der Waals surface area contributed by atoms with Gasteiger partial charge in [0.15, 0.2) is 10.6 Å². The van der Waals surface area contributed by atoms with Crippen LogP contribution in [0.4, 0.5) is 0 Å². The Balaban J connectivity index is 1.74. The lowest BCUT2D eigenvalue weighted by Crippen LogP contribution is -2.36. The second-order valence-corrected chi connectivity index (χ2v) is 6.59. The number of carbonyl (C=O) groups excluding carboxylic acids is 1. The van der Waals surface area contributed by atoms with Gasteiger partial charge in [-0.1, -0.05) is 6.07 Å².